The minimum absolute atomic E-state index is 0.00548. The average molecular weight is 274 g/mol. The Morgan fingerprint density at radius 1 is 1.28 bits per heavy atom. The van der Waals surface area contributed by atoms with Crippen molar-refractivity contribution in [2.24, 2.45) is 0 Å². The van der Waals surface area contributed by atoms with Gasteiger partial charge in [0.05, 0.1) is 0 Å². The van der Waals surface area contributed by atoms with Crippen molar-refractivity contribution in [2.45, 2.75) is 18.4 Å². The highest BCUT2D eigenvalue weighted by Gasteiger charge is 2.16. The molecular formula is C11H18N2O4S. The standard InChI is InChI=1S/C11H18N2O4S/c1-3-6-12-7-8-13-11(14)9-4-5-10(17-9)18(2,15)16/h4-5,12H,3,6-8H2,1-2H3,(H,13,14). The van der Waals surface area contributed by atoms with Gasteiger partial charge in [0.15, 0.2) is 5.76 Å². The molecule has 0 unspecified atom stereocenters. The van der Waals surface area contributed by atoms with Crippen LogP contribution in [-0.4, -0.2) is 40.2 Å². The largest absolute Gasteiger partial charge is 0.440 e. The molecule has 18 heavy (non-hydrogen) atoms. The van der Waals surface area contributed by atoms with Crippen LogP contribution in [0.1, 0.15) is 23.9 Å². The monoisotopic (exact) mass is 274 g/mol. The Morgan fingerprint density at radius 3 is 2.56 bits per heavy atom. The van der Waals surface area contributed by atoms with Crippen LogP contribution in [-0.2, 0) is 9.84 Å². The molecule has 0 saturated carbocycles. The van der Waals surface area contributed by atoms with Gasteiger partial charge in [-0.3, -0.25) is 4.79 Å². The molecule has 0 atom stereocenters. The van der Waals surface area contributed by atoms with Crippen LogP contribution in [0.5, 0.6) is 0 Å². The van der Waals surface area contributed by atoms with Crippen molar-refractivity contribution < 1.29 is 17.6 Å². The lowest BCUT2D eigenvalue weighted by Crippen LogP contribution is -2.31. The molecule has 1 aromatic heterocycles. The zero-order chi connectivity index (χ0) is 13.6. The number of carbonyl (C=O) groups is 1. The van der Waals surface area contributed by atoms with E-state index in [1.165, 1.54) is 12.1 Å². The van der Waals surface area contributed by atoms with Gasteiger partial charge in [-0.2, -0.15) is 0 Å². The third-order valence-corrected chi connectivity index (χ3v) is 3.14. The minimum Gasteiger partial charge on any atom is -0.440 e. The molecule has 1 rings (SSSR count). The zero-order valence-corrected chi connectivity index (χ0v) is 11.3. The Hall–Kier alpha value is -1.34. The van der Waals surface area contributed by atoms with Crippen LogP contribution >= 0.6 is 0 Å². The summed E-state index contributed by atoms with van der Waals surface area (Å²) in [6.45, 7) is 4.09. The van der Waals surface area contributed by atoms with Crippen LogP contribution in [0.15, 0.2) is 21.6 Å². The maximum Gasteiger partial charge on any atom is 0.287 e. The van der Waals surface area contributed by atoms with E-state index in [1.807, 2.05) is 0 Å². The highest BCUT2D eigenvalue weighted by atomic mass is 32.2. The van der Waals surface area contributed by atoms with E-state index < -0.39 is 15.7 Å². The highest BCUT2D eigenvalue weighted by molar-refractivity contribution is 7.90. The van der Waals surface area contributed by atoms with Gasteiger partial charge in [-0.25, -0.2) is 8.42 Å². The van der Waals surface area contributed by atoms with Gasteiger partial charge in [0.25, 0.3) is 5.91 Å². The van der Waals surface area contributed by atoms with Crippen LogP contribution in [0.25, 0.3) is 0 Å². The number of hydrogen-bond donors (Lipinski definition) is 2. The Labute approximate surface area is 107 Å². The van der Waals surface area contributed by atoms with Gasteiger partial charge in [0.2, 0.25) is 14.9 Å². The number of furan rings is 1. The summed E-state index contributed by atoms with van der Waals surface area (Å²) in [5, 5.41) is 5.57. The normalized spacial score (nSPS) is 11.4. The molecule has 1 aromatic rings. The number of hydrogen-bond acceptors (Lipinski definition) is 5. The quantitative estimate of drug-likeness (QED) is 0.703. The molecule has 7 heteroatoms. The number of sulfone groups is 1. The van der Waals surface area contributed by atoms with Crippen LogP contribution in [0.3, 0.4) is 0 Å². The van der Waals surface area contributed by atoms with E-state index >= 15 is 0 Å². The van der Waals surface area contributed by atoms with Crippen molar-refractivity contribution in [1.29, 1.82) is 0 Å². The third kappa shape index (κ3) is 4.50. The molecule has 0 saturated heterocycles. The molecule has 0 aliphatic rings. The summed E-state index contributed by atoms with van der Waals surface area (Å²) in [6, 6.07) is 2.63. The van der Waals surface area contributed by atoms with Gasteiger partial charge in [0, 0.05) is 19.3 Å². The Bertz CT molecular complexity index is 493. The van der Waals surface area contributed by atoms with Crippen LogP contribution in [0.4, 0.5) is 0 Å². The van der Waals surface area contributed by atoms with Gasteiger partial charge in [-0.15, -0.1) is 0 Å². The van der Waals surface area contributed by atoms with Crippen molar-refractivity contribution in [3.63, 3.8) is 0 Å². The molecule has 0 radical (unpaired) electrons. The average Bonchev–Trinajstić information content (AvgIpc) is 2.77. The molecule has 1 heterocycles. The Morgan fingerprint density at radius 2 is 2.00 bits per heavy atom. The summed E-state index contributed by atoms with van der Waals surface area (Å²) < 4.78 is 27.3. The summed E-state index contributed by atoms with van der Waals surface area (Å²) in [5.41, 5.74) is 0. The van der Waals surface area contributed by atoms with E-state index in [-0.39, 0.29) is 10.9 Å². The Kier molecular flexibility index (Phi) is 5.36. The van der Waals surface area contributed by atoms with Gasteiger partial charge < -0.3 is 15.1 Å². The van der Waals surface area contributed by atoms with E-state index in [4.69, 9.17) is 4.42 Å². The fraction of sp³-hybridized carbons (Fsp3) is 0.545. The first kappa shape index (κ1) is 14.7. The van der Waals surface area contributed by atoms with Crippen LogP contribution in [0.2, 0.25) is 0 Å². The molecule has 0 spiro atoms. The highest BCUT2D eigenvalue weighted by Crippen LogP contribution is 2.13. The first-order valence-corrected chi connectivity index (χ1v) is 7.63. The smallest absolute Gasteiger partial charge is 0.287 e. The van der Waals surface area contributed by atoms with Crippen molar-refractivity contribution in [1.82, 2.24) is 10.6 Å². The molecule has 2 N–H and O–H groups in total. The van der Waals surface area contributed by atoms with Crippen molar-refractivity contribution in [3.8, 4) is 0 Å². The van der Waals surface area contributed by atoms with Crippen molar-refractivity contribution >= 4 is 15.7 Å². The second-order valence-electron chi connectivity index (χ2n) is 3.90. The molecule has 1 amide bonds. The van der Waals surface area contributed by atoms with E-state index in [0.29, 0.717) is 13.1 Å². The summed E-state index contributed by atoms with van der Waals surface area (Å²) in [5.74, 6) is -0.408. The van der Waals surface area contributed by atoms with Gasteiger partial charge in [-0.05, 0) is 25.1 Å². The fourth-order valence-corrected chi connectivity index (χ4v) is 1.85. The van der Waals surface area contributed by atoms with Crippen molar-refractivity contribution in [3.05, 3.63) is 17.9 Å². The molecule has 0 aliphatic heterocycles. The summed E-state index contributed by atoms with van der Waals surface area (Å²) in [6.07, 6.45) is 2.06. The van der Waals surface area contributed by atoms with Crippen LogP contribution in [0, 0.1) is 0 Å². The third-order valence-electron chi connectivity index (χ3n) is 2.18. The van der Waals surface area contributed by atoms with E-state index in [0.717, 1.165) is 19.2 Å². The number of carbonyl (C=O) groups excluding carboxylic acids is 1. The van der Waals surface area contributed by atoms with Gasteiger partial charge >= 0.3 is 0 Å². The van der Waals surface area contributed by atoms with E-state index in [2.05, 4.69) is 17.6 Å². The van der Waals surface area contributed by atoms with Crippen molar-refractivity contribution in [2.75, 3.05) is 25.9 Å². The first-order valence-electron chi connectivity index (χ1n) is 5.74. The van der Waals surface area contributed by atoms with E-state index in [1.54, 1.807) is 0 Å². The second kappa shape index (κ2) is 6.55. The number of amides is 1. The first-order chi connectivity index (χ1) is 8.45. The molecule has 0 aliphatic carbocycles. The van der Waals surface area contributed by atoms with Gasteiger partial charge in [0.1, 0.15) is 0 Å². The molecule has 0 aromatic carbocycles. The number of nitrogens with one attached hydrogen (secondary N) is 2. The maximum absolute atomic E-state index is 11.6. The molecule has 0 fully saturated rings. The van der Waals surface area contributed by atoms with Crippen LogP contribution < -0.4 is 10.6 Å². The zero-order valence-electron chi connectivity index (χ0n) is 10.5. The summed E-state index contributed by atoms with van der Waals surface area (Å²) in [4.78, 5) is 11.6. The summed E-state index contributed by atoms with van der Waals surface area (Å²) in [7, 11) is -3.41. The SMILES string of the molecule is CCCNCCNC(=O)c1ccc(S(C)(=O)=O)o1. The lowest BCUT2D eigenvalue weighted by molar-refractivity contribution is 0.0921. The lowest BCUT2D eigenvalue weighted by atomic mass is 10.4. The molecule has 0 bridgehead atoms. The maximum atomic E-state index is 11.6. The number of rotatable bonds is 7. The molecular weight excluding hydrogens is 256 g/mol. The lowest BCUT2D eigenvalue weighted by Gasteiger charge is -2.04. The molecule has 102 valence electrons. The predicted molar refractivity (Wildman–Crippen MR) is 67.3 cm³/mol. The van der Waals surface area contributed by atoms with E-state index in [9.17, 15) is 13.2 Å². The fourth-order valence-electron chi connectivity index (χ4n) is 1.29. The van der Waals surface area contributed by atoms with Gasteiger partial charge in [-0.1, -0.05) is 6.92 Å². The second-order valence-corrected chi connectivity index (χ2v) is 5.84. The topological polar surface area (TPSA) is 88.4 Å². The predicted octanol–water partition coefficient (Wildman–Crippen LogP) is 0.412. The Balaban J connectivity index is 2.45. The molecule has 6 nitrogen and oxygen atoms in total. The minimum atomic E-state index is -3.41. The summed E-state index contributed by atoms with van der Waals surface area (Å²) >= 11 is 0.